The summed E-state index contributed by atoms with van der Waals surface area (Å²) in [4.78, 5) is 31.4. The third kappa shape index (κ3) is 1.87. The molecule has 1 aromatic rings. The van der Waals surface area contributed by atoms with E-state index in [2.05, 4.69) is 4.98 Å². The van der Waals surface area contributed by atoms with E-state index in [1.165, 1.54) is 4.90 Å². The van der Waals surface area contributed by atoms with Crippen molar-refractivity contribution in [2.45, 2.75) is 32.5 Å². The number of hydrogen-bond donors (Lipinski definition) is 0. The van der Waals surface area contributed by atoms with Crippen molar-refractivity contribution in [3.8, 4) is 0 Å². The molecular weight excluding hydrogens is 232 g/mol. The molecule has 0 unspecified atom stereocenters. The number of aryl methyl sites for hydroxylation is 1. The molecule has 0 bridgehead atoms. The molecule has 6 heteroatoms. The third-order valence-electron chi connectivity index (χ3n) is 3.64. The van der Waals surface area contributed by atoms with Gasteiger partial charge in [-0.3, -0.25) is 9.59 Å². The van der Waals surface area contributed by atoms with Gasteiger partial charge in [0.2, 0.25) is 11.8 Å². The van der Waals surface area contributed by atoms with Crippen LogP contribution in [0.15, 0.2) is 12.5 Å². The lowest BCUT2D eigenvalue weighted by molar-refractivity contribution is -0.159. The molecular formula is C12H18N4O2. The lowest BCUT2D eigenvalue weighted by atomic mass is 10.1. The van der Waals surface area contributed by atoms with Crippen molar-refractivity contribution >= 4 is 11.8 Å². The van der Waals surface area contributed by atoms with Crippen molar-refractivity contribution in [2.24, 2.45) is 7.05 Å². The molecule has 1 saturated heterocycles. The zero-order valence-electron chi connectivity index (χ0n) is 11.1. The van der Waals surface area contributed by atoms with Crippen LogP contribution in [0.2, 0.25) is 0 Å². The molecule has 2 atom stereocenters. The van der Waals surface area contributed by atoms with Crippen LogP contribution >= 0.6 is 0 Å². The van der Waals surface area contributed by atoms with Gasteiger partial charge in [-0.25, -0.2) is 4.98 Å². The van der Waals surface area contributed by atoms with Crippen LogP contribution in [0.3, 0.4) is 0 Å². The number of nitrogens with zero attached hydrogens (tertiary/aromatic N) is 4. The number of rotatable bonds is 2. The van der Waals surface area contributed by atoms with E-state index < -0.39 is 12.1 Å². The third-order valence-corrected chi connectivity index (χ3v) is 3.64. The van der Waals surface area contributed by atoms with Gasteiger partial charge in [0.15, 0.2) is 0 Å². The monoisotopic (exact) mass is 250 g/mol. The quantitative estimate of drug-likeness (QED) is 0.742. The molecule has 0 aromatic carbocycles. The Kier molecular flexibility index (Phi) is 3.11. The highest BCUT2D eigenvalue weighted by atomic mass is 16.2. The number of carbonyl (C=O) groups is 2. The maximum Gasteiger partial charge on any atom is 0.246 e. The maximum absolute atomic E-state index is 12.2. The van der Waals surface area contributed by atoms with Crippen LogP contribution < -0.4 is 0 Å². The summed E-state index contributed by atoms with van der Waals surface area (Å²) in [6.45, 7) is 3.93. The Hall–Kier alpha value is -1.85. The highest BCUT2D eigenvalue weighted by Crippen LogP contribution is 2.18. The highest BCUT2D eigenvalue weighted by Gasteiger charge is 2.39. The summed E-state index contributed by atoms with van der Waals surface area (Å²) in [6, 6.07) is -0.824. The molecule has 0 aliphatic carbocycles. The maximum atomic E-state index is 12.2. The van der Waals surface area contributed by atoms with E-state index in [1.807, 2.05) is 11.6 Å². The van der Waals surface area contributed by atoms with Crippen LogP contribution in [0.5, 0.6) is 0 Å². The van der Waals surface area contributed by atoms with Gasteiger partial charge < -0.3 is 14.4 Å². The number of amides is 2. The Bertz CT molecular complexity index is 482. The minimum atomic E-state index is -0.423. The van der Waals surface area contributed by atoms with E-state index in [0.717, 1.165) is 5.69 Å². The summed E-state index contributed by atoms with van der Waals surface area (Å²) >= 11 is 0. The molecule has 0 saturated carbocycles. The molecule has 2 amide bonds. The fourth-order valence-corrected chi connectivity index (χ4v) is 2.14. The van der Waals surface area contributed by atoms with E-state index in [9.17, 15) is 9.59 Å². The summed E-state index contributed by atoms with van der Waals surface area (Å²) in [5, 5.41) is 0. The standard InChI is InChI=1S/C12H18N4O2/c1-8-12(18)16(9(2)11(17)15(8)4)6-10-5-13-7-14(10)3/h5,7-9H,6H2,1-4H3/t8-,9-/m0/s1. The zero-order chi connectivity index (χ0) is 13.4. The number of carbonyl (C=O) groups excluding carboxylic acids is 2. The summed E-state index contributed by atoms with van der Waals surface area (Å²) in [7, 11) is 3.54. The van der Waals surface area contributed by atoms with Crippen molar-refractivity contribution in [2.75, 3.05) is 7.05 Å². The van der Waals surface area contributed by atoms with Crippen LogP contribution in [0.4, 0.5) is 0 Å². The molecule has 1 fully saturated rings. The first-order valence-corrected chi connectivity index (χ1v) is 5.95. The number of imidazole rings is 1. The van der Waals surface area contributed by atoms with Gasteiger partial charge in [0, 0.05) is 20.3 Å². The second-order valence-electron chi connectivity index (χ2n) is 4.76. The van der Waals surface area contributed by atoms with Crippen molar-refractivity contribution in [1.82, 2.24) is 19.4 Å². The van der Waals surface area contributed by atoms with Gasteiger partial charge in [0.1, 0.15) is 12.1 Å². The number of piperazine rings is 1. The predicted octanol–water partition coefficient (Wildman–Crippen LogP) is -0.00230. The van der Waals surface area contributed by atoms with Gasteiger partial charge in [-0.15, -0.1) is 0 Å². The molecule has 18 heavy (non-hydrogen) atoms. The molecule has 2 rings (SSSR count). The summed E-state index contributed by atoms with van der Waals surface area (Å²) in [5.74, 6) is -0.0462. The summed E-state index contributed by atoms with van der Waals surface area (Å²) in [6.07, 6.45) is 3.40. The Morgan fingerprint density at radius 2 is 1.83 bits per heavy atom. The zero-order valence-corrected chi connectivity index (χ0v) is 11.1. The Morgan fingerprint density at radius 3 is 2.39 bits per heavy atom. The van der Waals surface area contributed by atoms with Crippen molar-refractivity contribution in [3.05, 3.63) is 18.2 Å². The second-order valence-corrected chi connectivity index (χ2v) is 4.76. The van der Waals surface area contributed by atoms with E-state index >= 15 is 0 Å². The van der Waals surface area contributed by atoms with Crippen LogP contribution in [0.1, 0.15) is 19.5 Å². The molecule has 0 radical (unpaired) electrons. The van der Waals surface area contributed by atoms with Gasteiger partial charge >= 0.3 is 0 Å². The SMILES string of the molecule is C[C@H]1C(=O)N(Cc2cncn2C)[C@@H](C)C(=O)N1C. The molecule has 1 aromatic heterocycles. The van der Waals surface area contributed by atoms with Crippen LogP contribution in [0.25, 0.3) is 0 Å². The second kappa shape index (κ2) is 4.44. The van der Waals surface area contributed by atoms with Crippen LogP contribution in [-0.4, -0.2) is 50.3 Å². The predicted molar refractivity (Wildman–Crippen MR) is 65.5 cm³/mol. The number of likely N-dealkylation sites (N-methyl/N-ethyl adjacent to an activating group) is 1. The highest BCUT2D eigenvalue weighted by molar-refractivity contribution is 5.96. The molecule has 2 heterocycles. The summed E-state index contributed by atoms with van der Waals surface area (Å²) in [5.41, 5.74) is 0.916. The minimum absolute atomic E-state index is 0.0224. The van der Waals surface area contributed by atoms with Gasteiger partial charge in [0.05, 0.1) is 18.6 Å². The smallest absolute Gasteiger partial charge is 0.246 e. The van der Waals surface area contributed by atoms with Crippen molar-refractivity contribution in [1.29, 1.82) is 0 Å². The van der Waals surface area contributed by atoms with E-state index in [-0.39, 0.29) is 11.8 Å². The van der Waals surface area contributed by atoms with Crippen molar-refractivity contribution in [3.63, 3.8) is 0 Å². The average Bonchev–Trinajstić information content (AvgIpc) is 2.75. The number of hydrogen-bond acceptors (Lipinski definition) is 3. The van der Waals surface area contributed by atoms with Crippen molar-refractivity contribution < 1.29 is 9.59 Å². The van der Waals surface area contributed by atoms with Gasteiger partial charge in [-0.2, -0.15) is 0 Å². The molecule has 1 aliphatic rings. The Balaban J connectivity index is 2.24. The molecule has 1 aliphatic heterocycles. The van der Waals surface area contributed by atoms with Gasteiger partial charge in [0.25, 0.3) is 0 Å². The molecule has 98 valence electrons. The van der Waals surface area contributed by atoms with Crippen LogP contribution in [-0.2, 0) is 23.2 Å². The average molecular weight is 250 g/mol. The van der Waals surface area contributed by atoms with E-state index in [1.54, 1.807) is 38.3 Å². The largest absolute Gasteiger partial charge is 0.336 e. The molecule has 6 nitrogen and oxygen atoms in total. The van der Waals surface area contributed by atoms with E-state index in [4.69, 9.17) is 0 Å². The van der Waals surface area contributed by atoms with Crippen LogP contribution in [0, 0.1) is 0 Å². The Morgan fingerprint density at radius 1 is 1.17 bits per heavy atom. The minimum Gasteiger partial charge on any atom is -0.336 e. The molecule has 0 N–H and O–H groups in total. The topological polar surface area (TPSA) is 58.4 Å². The first-order chi connectivity index (χ1) is 8.43. The lowest BCUT2D eigenvalue weighted by Gasteiger charge is -2.41. The first-order valence-electron chi connectivity index (χ1n) is 5.95. The fourth-order valence-electron chi connectivity index (χ4n) is 2.14. The molecule has 0 spiro atoms. The number of aromatic nitrogens is 2. The normalized spacial score (nSPS) is 24.9. The first kappa shape index (κ1) is 12.6. The lowest BCUT2D eigenvalue weighted by Crippen LogP contribution is -2.61. The van der Waals surface area contributed by atoms with Gasteiger partial charge in [-0.05, 0) is 13.8 Å². The summed E-state index contributed by atoms with van der Waals surface area (Å²) < 4.78 is 1.85. The van der Waals surface area contributed by atoms with E-state index in [0.29, 0.717) is 6.54 Å². The Labute approximate surface area is 106 Å². The fraction of sp³-hybridized carbons (Fsp3) is 0.583. The van der Waals surface area contributed by atoms with Gasteiger partial charge in [-0.1, -0.05) is 0 Å².